The van der Waals surface area contributed by atoms with Crippen LogP contribution in [0.15, 0.2) is 24.3 Å². The molecule has 5 heteroatoms. The summed E-state index contributed by atoms with van der Waals surface area (Å²) in [6, 6.07) is 8.13. The first-order valence-electron chi connectivity index (χ1n) is 8.95. The van der Waals surface area contributed by atoms with E-state index in [0.717, 1.165) is 5.56 Å². The zero-order chi connectivity index (χ0) is 18.6. The molecule has 1 aliphatic heterocycles. The summed E-state index contributed by atoms with van der Waals surface area (Å²) >= 11 is 0. The van der Waals surface area contributed by atoms with Gasteiger partial charge in [0.2, 0.25) is 5.91 Å². The predicted octanol–water partition coefficient (Wildman–Crippen LogP) is 3.39. The van der Waals surface area contributed by atoms with Crippen molar-refractivity contribution in [1.82, 2.24) is 4.90 Å². The van der Waals surface area contributed by atoms with E-state index >= 15 is 0 Å². The van der Waals surface area contributed by atoms with Gasteiger partial charge in [0.05, 0.1) is 12.5 Å². The molecular weight excluding hydrogens is 318 g/mol. The van der Waals surface area contributed by atoms with Crippen molar-refractivity contribution in [1.29, 1.82) is 0 Å². The largest absolute Gasteiger partial charge is 0.481 e. The van der Waals surface area contributed by atoms with E-state index in [-0.39, 0.29) is 30.4 Å². The average Bonchev–Trinajstić information content (AvgIpc) is 2.97. The van der Waals surface area contributed by atoms with E-state index in [4.69, 9.17) is 9.84 Å². The van der Waals surface area contributed by atoms with E-state index in [1.165, 1.54) is 5.56 Å². The van der Waals surface area contributed by atoms with Crippen molar-refractivity contribution in [3.05, 3.63) is 35.4 Å². The van der Waals surface area contributed by atoms with Crippen molar-refractivity contribution < 1.29 is 19.4 Å². The molecule has 3 unspecified atom stereocenters. The molecule has 1 saturated heterocycles. The summed E-state index contributed by atoms with van der Waals surface area (Å²) in [6.45, 7) is 6.83. The summed E-state index contributed by atoms with van der Waals surface area (Å²) in [4.78, 5) is 25.5. The molecule has 0 aliphatic carbocycles. The van der Waals surface area contributed by atoms with Crippen molar-refractivity contribution in [2.75, 3.05) is 13.7 Å². The normalized spacial score (nSPS) is 21.6. The van der Waals surface area contributed by atoms with Crippen molar-refractivity contribution >= 4 is 11.9 Å². The van der Waals surface area contributed by atoms with Gasteiger partial charge in [0.25, 0.3) is 0 Å². The van der Waals surface area contributed by atoms with E-state index in [0.29, 0.717) is 25.3 Å². The molecule has 0 aromatic heterocycles. The highest BCUT2D eigenvalue weighted by Gasteiger charge is 2.36. The third-order valence-electron chi connectivity index (χ3n) is 5.09. The molecule has 0 bridgehead atoms. The molecule has 1 aliphatic rings. The number of carbonyl (C=O) groups excluding carboxylic acids is 1. The molecule has 3 atom stereocenters. The van der Waals surface area contributed by atoms with Crippen LogP contribution in [0.1, 0.15) is 63.0 Å². The maximum absolute atomic E-state index is 12.7. The Hall–Kier alpha value is -1.88. The molecule has 1 fully saturated rings. The lowest BCUT2D eigenvalue weighted by molar-refractivity contribution is -0.140. The molecule has 138 valence electrons. The summed E-state index contributed by atoms with van der Waals surface area (Å²) in [7, 11) is 1.61. The number of likely N-dealkylation sites (tertiary alicyclic amines) is 1. The van der Waals surface area contributed by atoms with Crippen LogP contribution in [-0.4, -0.2) is 47.7 Å². The summed E-state index contributed by atoms with van der Waals surface area (Å²) in [6.07, 6.45) is 0.872. The average molecular weight is 347 g/mol. The number of nitrogens with zero attached hydrogens (tertiary/aromatic N) is 1. The number of aliphatic carboxylic acids is 1. The molecule has 5 nitrogen and oxygen atoms in total. The van der Waals surface area contributed by atoms with Crippen molar-refractivity contribution in [3.63, 3.8) is 0 Å². The topological polar surface area (TPSA) is 66.8 Å². The van der Waals surface area contributed by atoms with Gasteiger partial charge >= 0.3 is 5.97 Å². The Balaban J connectivity index is 2.02. The molecule has 2 rings (SSSR count). The molecule has 1 amide bonds. The number of hydrogen-bond donors (Lipinski definition) is 1. The van der Waals surface area contributed by atoms with Gasteiger partial charge in [-0.25, -0.2) is 0 Å². The van der Waals surface area contributed by atoms with Crippen molar-refractivity contribution in [2.45, 2.75) is 64.0 Å². The third-order valence-corrected chi connectivity index (χ3v) is 5.09. The highest BCUT2D eigenvalue weighted by molar-refractivity contribution is 5.79. The van der Waals surface area contributed by atoms with Gasteiger partial charge in [-0.2, -0.15) is 0 Å². The SMILES string of the molecule is COC1CC(CC(=O)O)N(C(=O)CC(C)c2ccc(C(C)C)cc2)C1. The molecule has 1 N–H and O–H groups in total. The van der Waals surface area contributed by atoms with Gasteiger partial charge in [-0.3, -0.25) is 9.59 Å². The smallest absolute Gasteiger partial charge is 0.305 e. The standard InChI is InChI=1S/C20H29NO4/c1-13(2)15-5-7-16(8-6-15)14(3)9-19(22)21-12-18(25-4)10-17(21)11-20(23)24/h5-8,13-14,17-18H,9-12H2,1-4H3,(H,23,24). The minimum Gasteiger partial charge on any atom is -0.481 e. The first-order chi connectivity index (χ1) is 11.8. The molecule has 1 heterocycles. The summed E-state index contributed by atoms with van der Waals surface area (Å²) < 4.78 is 5.34. The Bertz CT molecular complexity index is 596. The van der Waals surface area contributed by atoms with Crippen LogP contribution in [0.5, 0.6) is 0 Å². The Morgan fingerprint density at radius 2 is 1.80 bits per heavy atom. The Morgan fingerprint density at radius 1 is 1.20 bits per heavy atom. The maximum atomic E-state index is 12.7. The van der Waals surface area contributed by atoms with Crippen LogP contribution in [-0.2, 0) is 14.3 Å². The number of hydrogen-bond acceptors (Lipinski definition) is 3. The highest BCUT2D eigenvalue weighted by Crippen LogP contribution is 2.27. The van der Waals surface area contributed by atoms with Crippen LogP contribution < -0.4 is 0 Å². The molecule has 1 aromatic carbocycles. The van der Waals surface area contributed by atoms with E-state index in [9.17, 15) is 9.59 Å². The fourth-order valence-corrected chi connectivity index (χ4v) is 3.45. The molecule has 0 spiro atoms. The summed E-state index contributed by atoms with van der Waals surface area (Å²) in [5, 5.41) is 9.08. The second-order valence-corrected chi connectivity index (χ2v) is 7.32. The van der Waals surface area contributed by atoms with E-state index in [2.05, 4.69) is 38.1 Å². The van der Waals surface area contributed by atoms with E-state index in [1.807, 2.05) is 6.92 Å². The van der Waals surface area contributed by atoms with Crippen LogP contribution in [0.2, 0.25) is 0 Å². The van der Waals surface area contributed by atoms with Gasteiger partial charge in [-0.1, -0.05) is 45.0 Å². The predicted molar refractivity (Wildman–Crippen MR) is 96.7 cm³/mol. The third kappa shape index (κ3) is 5.05. The molecule has 0 radical (unpaired) electrons. The Kier molecular flexibility index (Phi) is 6.59. The van der Waals surface area contributed by atoms with Gasteiger partial charge in [-0.15, -0.1) is 0 Å². The number of carboxylic acids is 1. The molecular formula is C20H29NO4. The summed E-state index contributed by atoms with van der Waals surface area (Å²) in [5.41, 5.74) is 2.42. The number of benzene rings is 1. The quantitative estimate of drug-likeness (QED) is 0.821. The molecule has 0 saturated carbocycles. The van der Waals surface area contributed by atoms with E-state index in [1.54, 1.807) is 12.0 Å². The lowest BCUT2D eigenvalue weighted by atomic mass is 9.94. The number of ether oxygens (including phenoxy) is 1. The molecule has 1 aromatic rings. The molecule has 25 heavy (non-hydrogen) atoms. The van der Waals surface area contributed by atoms with Crippen LogP contribution in [0.3, 0.4) is 0 Å². The zero-order valence-corrected chi connectivity index (χ0v) is 15.6. The second-order valence-electron chi connectivity index (χ2n) is 7.32. The van der Waals surface area contributed by atoms with E-state index < -0.39 is 5.97 Å². The summed E-state index contributed by atoms with van der Waals surface area (Å²) in [5.74, 6) is -0.290. The number of methoxy groups -OCH3 is 1. The lowest BCUT2D eigenvalue weighted by Gasteiger charge is -2.25. The second kappa shape index (κ2) is 8.48. The Labute approximate surface area is 150 Å². The van der Waals surface area contributed by atoms with Gasteiger partial charge in [0.15, 0.2) is 0 Å². The number of amides is 1. The highest BCUT2D eigenvalue weighted by atomic mass is 16.5. The first-order valence-corrected chi connectivity index (χ1v) is 8.95. The van der Waals surface area contributed by atoms with Crippen molar-refractivity contribution in [2.24, 2.45) is 0 Å². The fraction of sp³-hybridized carbons (Fsp3) is 0.600. The van der Waals surface area contributed by atoms with Crippen molar-refractivity contribution in [3.8, 4) is 0 Å². The lowest BCUT2D eigenvalue weighted by Crippen LogP contribution is -2.37. The van der Waals surface area contributed by atoms with Gasteiger partial charge in [0.1, 0.15) is 0 Å². The zero-order valence-electron chi connectivity index (χ0n) is 15.6. The number of carbonyl (C=O) groups is 2. The Morgan fingerprint density at radius 3 is 2.32 bits per heavy atom. The number of carboxylic acid groups (broad SMARTS) is 1. The van der Waals surface area contributed by atoms with Crippen LogP contribution in [0, 0.1) is 0 Å². The van der Waals surface area contributed by atoms with Gasteiger partial charge < -0.3 is 14.7 Å². The minimum absolute atomic E-state index is 0.00577. The van der Waals surface area contributed by atoms with Gasteiger partial charge in [-0.05, 0) is 29.4 Å². The van der Waals surface area contributed by atoms with Crippen LogP contribution >= 0.6 is 0 Å². The maximum Gasteiger partial charge on any atom is 0.305 e. The monoisotopic (exact) mass is 347 g/mol. The van der Waals surface area contributed by atoms with Gasteiger partial charge in [0, 0.05) is 26.1 Å². The minimum atomic E-state index is -0.878. The van der Waals surface area contributed by atoms with Crippen LogP contribution in [0.25, 0.3) is 0 Å². The fourth-order valence-electron chi connectivity index (χ4n) is 3.45. The number of rotatable bonds is 7. The first kappa shape index (κ1) is 19.4. The van der Waals surface area contributed by atoms with Crippen LogP contribution in [0.4, 0.5) is 0 Å².